The Hall–Kier alpha value is -4.34. The molecule has 0 spiro atoms. The molecular formula is C36H40ClN3O5S. The number of nitrogens with zero attached hydrogens (tertiary/aromatic N) is 2. The number of aryl methyl sites for hydroxylation is 2. The van der Waals surface area contributed by atoms with Crippen molar-refractivity contribution in [1.82, 2.24) is 10.2 Å². The van der Waals surface area contributed by atoms with Crippen LogP contribution in [-0.2, 0) is 32.6 Å². The van der Waals surface area contributed by atoms with E-state index in [4.69, 9.17) is 16.3 Å². The Labute approximate surface area is 277 Å². The number of amides is 2. The highest BCUT2D eigenvalue weighted by molar-refractivity contribution is 7.92. The summed E-state index contributed by atoms with van der Waals surface area (Å²) in [6.07, 6.45) is 0.962. The fraction of sp³-hybridized carbons (Fsp3) is 0.278. The van der Waals surface area contributed by atoms with E-state index in [1.807, 2.05) is 75.4 Å². The molecule has 4 rings (SSSR count). The second kappa shape index (κ2) is 15.8. The van der Waals surface area contributed by atoms with Crippen LogP contribution in [0, 0.1) is 13.8 Å². The standard InChI is InChI=1S/C36H40ClN3O5S/c1-5-21-38-36(42)33(22-28-9-7-6-8-10-28)39(24-29-15-11-26(2)12-16-29)35(41)25-40(30-17-20-34(45-4)32(37)23-30)46(43,44)31-18-13-27(3)14-19-31/h6-20,23,33H,5,21-22,24-25H2,1-4H3,(H,38,42). The fourth-order valence-electron chi connectivity index (χ4n) is 4.99. The molecule has 0 heterocycles. The molecule has 4 aromatic carbocycles. The molecule has 10 heteroatoms. The molecule has 1 N–H and O–H groups in total. The third kappa shape index (κ3) is 8.68. The maximum absolute atomic E-state index is 14.5. The van der Waals surface area contributed by atoms with Gasteiger partial charge in [-0.05, 0) is 61.7 Å². The van der Waals surface area contributed by atoms with Crippen molar-refractivity contribution in [3.63, 3.8) is 0 Å². The summed E-state index contributed by atoms with van der Waals surface area (Å²) >= 11 is 6.45. The lowest BCUT2D eigenvalue weighted by Gasteiger charge is -2.34. The van der Waals surface area contributed by atoms with E-state index >= 15 is 0 Å². The van der Waals surface area contributed by atoms with Gasteiger partial charge >= 0.3 is 0 Å². The number of benzene rings is 4. The molecule has 0 aliphatic rings. The van der Waals surface area contributed by atoms with Gasteiger partial charge in [-0.1, -0.05) is 96.4 Å². The number of nitrogens with one attached hydrogen (secondary N) is 1. The molecule has 8 nitrogen and oxygen atoms in total. The predicted octanol–water partition coefficient (Wildman–Crippen LogP) is 6.33. The molecular weight excluding hydrogens is 622 g/mol. The summed E-state index contributed by atoms with van der Waals surface area (Å²) in [7, 11) is -2.78. The normalized spacial score (nSPS) is 11.8. The van der Waals surface area contributed by atoms with E-state index in [-0.39, 0.29) is 34.5 Å². The Balaban J connectivity index is 1.81. The van der Waals surface area contributed by atoms with Crippen LogP contribution in [0.1, 0.15) is 35.6 Å². The number of carbonyl (C=O) groups is 2. The van der Waals surface area contributed by atoms with Crippen LogP contribution in [-0.4, -0.2) is 51.4 Å². The Kier molecular flexibility index (Phi) is 11.8. The average molecular weight is 662 g/mol. The van der Waals surface area contributed by atoms with Gasteiger partial charge in [-0.15, -0.1) is 0 Å². The first-order chi connectivity index (χ1) is 22.0. The number of anilines is 1. The van der Waals surface area contributed by atoms with Crippen molar-refractivity contribution in [2.24, 2.45) is 0 Å². The van der Waals surface area contributed by atoms with Gasteiger partial charge in [0.25, 0.3) is 10.0 Å². The molecule has 0 bridgehead atoms. The quantitative estimate of drug-likeness (QED) is 0.171. The number of methoxy groups -OCH3 is 1. The molecule has 0 fully saturated rings. The lowest BCUT2D eigenvalue weighted by atomic mass is 10.0. The van der Waals surface area contributed by atoms with Crippen LogP contribution in [0.4, 0.5) is 5.69 Å². The highest BCUT2D eigenvalue weighted by Gasteiger charge is 2.34. The van der Waals surface area contributed by atoms with Crippen molar-refractivity contribution in [2.75, 3.05) is 24.5 Å². The van der Waals surface area contributed by atoms with Gasteiger partial charge in [-0.2, -0.15) is 0 Å². The van der Waals surface area contributed by atoms with Crippen molar-refractivity contribution in [1.29, 1.82) is 0 Å². The zero-order chi connectivity index (χ0) is 33.3. The van der Waals surface area contributed by atoms with Crippen LogP contribution in [0.15, 0.2) is 102 Å². The molecule has 1 unspecified atom stereocenters. The van der Waals surface area contributed by atoms with Gasteiger partial charge in [0.1, 0.15) is 18.3 Å². The zero-order valence-electron chi connectivity index (χ0n) is 26.6. The lowest BCUT2D eigenvalue weighted by Crippen LogP contribution is -2.53. The minimum atomic E-state index is -4.25. The first-order valence-electron chi connectivity index (χ1n) is 15.1. The molecule has 46 heavy (non-hydrogen) atoms. The van der Waals surface area contributed by atoms with Crippen LogP contribution < -0.4 is 14.4 Å². The SMILES string of the molecule is CCCNC(=O)C(Cc1ccccc1)N(Cc1ccc(C)cc1)C(=O)CN(c1ccc(OC)c(Cl)c1)S(=O)(=O)c1ccc(C)cc1. The van der Waals surface area contributed by atoms with Gasteiger partial charge < -0.3 is 15.0 Å². The van der Waals surface area contributed by atoms with Gasteiger partial charge in [-0.25, -0.2) is 8.42 Å². The minimum Gasteiger partial charge on any atom is -0.495 e. The smallest absolute Gasteiger partial charge is 0.264 e. The summed E-state index contributed by atoms with van der Waals surface area (Å²) in [5.74, 6) is -0.497. The van der Waals surface area contributed by atoms with E-state index in [1.54, 1.807) is 24.3 Å². The number of hydrogen-bond acceptors (Lipinski definition) is 5. The maximum atomic E-state index is 14.5. The minimum absolute atomic E-state index is 0.0180. The van der Waals surface area contributed by atoms with Gasteiger partial charge in [0.05, 0.1) is 22.7 Å². The van der Waals surface area contributed by atoms with Crippen LogP contribution >= 0.6 is 11.6 Å². The highest BCUT2D eigenvalue weighted by Crippen LogP contribution is 2.32. The summed E-state index contributed by atoms with van der Waals surface area (Å²) in [4.78, 5) is 29.8. The predicted molar refractivity (Wildman–Crippen MR) is 183 cm³/mol. The van der Waals surface area contributed by atoms with Crippen molar-refractivity contribution in [2.45, 2.75) is 51.1 Å². The van der Waals surface area contributed by atoms with E-state index in [9.17, 15) is 18.0 Å². The van der Waals surface area contributed by atoms with E-state index in [0.717, 1.165) is 33.0 Å². The molecule has 0 radical (unpaired) electrons. The third-order valence-electron chi connectivity index (χ3n) is 7.61. The van der Waals surface area contributed by atoms with Crippen LogP contribution in [0.2, 0.25) is 5.02 Å². The summed E-state index contributed by atoms with van der Waals surface area (Å²) in [6.45, 7) is 5.75. The monoisotopic (exact) mass is 661 g/mol. The zero-order valence-corrected chi connectivity index (χ0v) is 28.1. The number of hydrogen-bond donors (Lipinski definition) is 1. The van der Waals surface area contributed by atoms with Crippen LogP contribution in [0.25, 0.3) is 0 Å². The summed E-state index contributed by atoms with van der Waals surface area (Å²) in [5.41, 5.74) is 3.80. The molecule has 1 atom stereocenters. The number of sulfonamides is 1. The molecule has 2 amide bonds. The summed E-state index contributed by atoms with van der Waals surface area (Å²) in [6, 6.07) is 27.2. The third-order valence-corrected chi connectivity index (χ3v) is 9.69. The van der Waals surface area contributed by atoms with Crippen molar-refractivity contribution in [3.8, 4) is 5.75 Å². The second-order valence-corrected chi connectivity index (χ2v) is 13.4. The number of halogens is 1. The molecule has 0 aliphatic carbocycles. The van der Waals surface area contributed by atoms with Crippen LogP contribution in [0.3, 0.4) is 0 Å². The second-order valence-electron chi connectivity index (χ2n) is 11.1. The molecule has 0 saturated heterocycles. The summed E-state index contributed by atoms with van der Waals surface area (Å²) < 4.78 is 34.7. The summed E-state index contributed by atoms with van der Waals surface area (Å²) in [5, 5.41) is 3.14. The Morgan fingerprint density at radius 1 is 0.870 bits per heavy atom. The van der Waals surface area contributed by atoms with Gasteiger partial charge in [0, 0.05) is 19.5 Å². The maximum Gasteiger partial charge on any atom is 0.264 e. The highest BCUT2D eigenvalue weighted by atomic mass is 35.5. The van der Waals surface area contributed by atoms with E-state index < -0.39 is 28.5 Å². The molecule has 4 aromatic rings. The van der Waals surface area contributed by atoms with Crippen LogP contribution in [0.5, 0.6) is 5.75 Å². The Bertz CT molecular complexity index is 1730. The van der Waals surface area contributed by atoms with E-state index in [1.165, 1.54) is 30.2 Å². The molecule has 0 aromatic heterocycles. The number of carbonyl (C=O) groups excluding carboxylic acids is 2. The molecule has 0 saturated carbocycles. The van der Waals surface area contributed by atoms with Gasteiger partial charge in [-0.3, -0.25) is 13.9 Å². The van der Waals surface area contributed by atoms with Crippen molar-refractivity contribution >= 4 is 39.1 Å². The fourth-order valence-corrected chi connectivity index (χ4v) is 6.64. The average Bonchev–Trinajstić information content (AvgIpc) is 3.05. The van der Waals surface area contributed by atoms with Crippen molar-refractivity contribution in [3.05, 3.63) is 124 Å². The lowest BCUT2D eigenvalue weighted by molar-refractivity contribution is -0.140. The van der Waals surface area contributed by atoms with Gasteiger partial charge in [0.15, 0.2) is 0 Å². The first kappa shape index (κ1) is 34.5. The topological polar surface area (TPSA) is 96.0 Å². The van der Waals surface area contributed by atoms with Crippen molar-refractivity contribution < 1.29 is 22.7 Å². The molecule has 0 aliphatic heterocycles. The Morgan fingerprint density at radius 3 is 2.09 bits per heavy atom. The Morgan fingerprint density at radius 2 is 1.50 bits per heavy atom. The van der Waals surface area contributed by atoms with E-state index in [2.05, 4.69) is 5.32 Å². The molecule has 242 valence electrons. The number of ether oxygens (including phenoxy) is 1. The number of rotatable bonds is 14. The largest absolute Gasteiger partial charge is 0.495 e. The van der Waals surface area contributed by atoms with E-state index in [0.29, 0.717) is 12.3 Å². The van der Waals surface area contributed by atoms with Gasteiger partial charge in [0.2, 0.25) is 11.8 Å². The first-order valence-corrected chi connectivity index (χ1v) is 16.9.